The second-order valence-electron chi connectivity index (χ2n) is 4.28. The van der Waals surface area contributed by atoms with Crippen molar-refractivity contribution in [3.05, 3.63) is 35.4 Å². The van der Waals surface area contributed by atoms with Crippen molar-refractivity contribution in [2.75, 3.05) is 33.4 Å². The van der Waals surface area contributed by atoms with E-state index in [0.717, 1.165) is 5.56 Å². The summed E-state index contributed by atoms with van der Waals surface area (Å²) in [4.78, 5) is 13.8. The molecule has 1 N–H and O–H groups in total. The molecule has 0 aliphatic heterocycles. The van der Waals surface area contributed by atoms with Crippen LogP contribution in [0.4, 0.5) is 0 Å². The summed E-state index contributed by atoms with van der Waals surface area (Å²) < 4.78 is 5.23. The molecule has 0 spiro atoms. The molecule has 1 aromatic carbocycles. The summed E-state index contributed by atoms with van der Waals surface area (Å²) >= 11 is 0. The van der Waals surface area contributed by atoms with Gasteiger partial charge in [-0.15, -0.1) is 0 Å². The van der Waals surface area contributed by atoms with Gasteiger partial charge in [0.25, 0.3) is 5.91 Å². The number of aliphatic hydroxyl groups excluding tert-OH is 1. The summed E-state index contributed by atoms with van der Waals surface area (Å²) in [6, 6.07) is 7.16. The summed E-state index contributed by atoms with van der Waals surface area (Å²) in [7, 11) is 1.76. The molecule has 4 heteroatoms. The molecule has 0 aromatic heterocycles. The number of carbonyl (C=O) groups is 1. The second kappa shape index (κ2) is 9.13. The van der Waals surface area contributed by atoms with Crippen molar-refractivity contribution in [2.24, 2.45) is 0 Å². The highest BCUT2D eigenvalue weighted by atomic mass is 16.5. The Hall–Kier alpha value is -1.83. The lowest BCUT2D eigenvalue weighted by Gasteiger charge is -2.16. The summed E-state index contributed by atoms with van der Waals surface area (Å²) in [5.74, 6) is 5.75. The predicted octanol–water partition coefficient (Wildman–Crippen LogP) is 1.53. The molecule has 20 heavy (non-hydrogen) atoms. The van der Waals surface area contributed by atoms with Gasteiger partial charge in [0.1, 0.15) is 0 Å². The summed E-state index contributed by atoms with van der Waals surface area (Å²) in [5.41, 5.74) is 1.48. The molecule has 1 amide bonds. The van der Waals surface area contributed by atoms with Crippen LogP contribution in [0.3, 0.4) is 0 Å². The van der Waals surface area contributed by atoms with Gasteiger partial charge in [0.05, 0.1) is 13.2 Å². The first kappa shape index (κ1) is 16.2. The van der Waals surface area contributed by atoms with Crippen molar-refractivity contribution in [2.45, 2.75) is 13.3 Å². The number of hydrogen-bond donors (Lipinski definition) is 1. The van der Waals surface area contributed by atoms with Gasteiger partial charge in [-0.25, -0.2) is 0 Å². The Morgan fingerprint density at radius 1 is 1.35 bits per heavy atom. The Balaban J connectivity index is 2.59. The lowest BCUT2D eigenvalue weighted by molar-refractivity contribution is 0.0710. The van der Waals surface area contributed by atoms with Gasteiger partial charge in [-0.3, -0.25) is 4.79 Å². The van der Waals surface area contributed by atoms with Gasteiger partial charge < -0.3 is 14.7 Å². The Kier molecular flexibility index (Phi) is 7.41. The van der Waals surface area contributed by atoms with E-state index >= 15 is 0 Å². The molecule has 0 heterocycles. The smallest absolute Gasteiger partial charge is 0.253 e. The number of benzene rings is 1. The van der Waals surface area contributed by atoms with E-state index in [2.05, 4.69) is 11.8 Å². The van der Waals surface area contributed by atoms with Crippen molar-refractivity contribution in [1.82, 2.24) is 4.90 Å². The average Bonchev–Trinajstić information content (AvgIpc) is 2.47. The Bertz CT molecular complexity index is 471. The number of hydrogen-bond acceptors (Lipinski definition) is 3. The summed E-state index contributed by atoms with van der Waals surface area (Å²) in [5, 5.41) is 8.65. The van der Waals surface area contributed by atoms with Gasteiger partial charge in [0, 0.05) is 37.7 Å². The van der Waals surface area contributed by atoms with Crippen molar-refractivity contribution in [3.63, 3.8) is 0 Å². The lowest BCUT2D eigenvalue weighted by atomic mass is 10.1. The molecule has 0 saturated heterocycles. The van der Waals surface area contributed by atoms with E-state index in [0.29, 0.717) is 31.7 Å². The highest BCUT2D eigenvalue weighted by Gasteiger charge is 2.10. The zero-order valence-corrected chi connectivity index (χ0v) is 12.1. The third-order valence-electron chi connectivity index (χ3n) is 2.72. The van der Waals surface area contributed by atoms with Crippen molar-refractivity contribution >= 4 is 5.91 Å². The number of ether oxygens (including phenoxy) is 1. The fraction of sp³-hybridized carbons (Fsp3) is 0.438. The molecular weight excluding hydrogens is 254 g/mol. The molecule has 1 rings (SSSR count). The minimum atomic E-state index is -0.0282. The largest absolute Gasteiger partial charge is 0.395 e. The maximum atomic E-state index is 12.1. The van der Waals surface area contributed by atoms with Crippen LogP contribution in [0.25, 0.3) is 0 Å². The van der Waals surface area contributed by atoms with Crippen LogP contribution in [0.15, 0.2) is 24.3 Å². The third kappa shape index (κ3) is 5.43. The first-order chi connectivity index (χ1) is 9.69. The van der Waals surface area contributed by atoms with Crippen LogP contribution in [0, 0.1) is 11.8 Å². The van der Waals surface area contributed by atoms with Crippen LogP contribution in [0.1, 0.15) is 29.3 Å². The Morgan fingerprint density at radius 3 is 2.65 bits per heavy atom. The quantitative estimate of drug-likeness (QED) is 0.633. The van der Waals surface area contributed by atoms with Gasteiger partial charge >= 0.3 is 0 Å². The molecular formula is C16H21NO3. The minimum absolute atomic E-state index is 0.0282. The minimum Gasteiger partial charge on any atom is -0.395 e. The molecule has 4 nitrogen and oxygen atoms in total. The van der Waals surface area contributed by atoms with Gasteiger partial charge in [0.2, 0.25) is 0 Å². The zero-order chi connectivity index (χ0) is 14.8. The van der Waals surface area contributed by atoms with Gasteiger partial charge in [0.15, 0.2) is 0 Å². The van der Waals surface area contributed by atoms with E-state index in [1.54, 1.807) is 24.1 Å². The number of carbonyl (C=O) groups excluding carboxylic acids is 1. The van der Waals surface area contributed by atoms with E-state index in [1.165, 1.54) is 0 Å². The van der Waals surface area contributed by atoms with Crippen LogP contribution in [-0.4, -0.2) is 49.3 Å². The molecule has 0 aliphatic carbocycles. The SMILES string of the molecule is CCOCCN(C)C(=O)c1ccc(C#CCCO)cc1. The number of amides is 1. The summed E-state index contributed by atoms with van der Waals surface area (Å²) in [6.45, 7) is 3.77. The van der Waals surface area contributed by atoms with Gasteiger partial charge in [-0.05, 0) is 31.2 Å². The highest BCUT2D eigenvalue weighted by Crippen LogP contribution is 2.06. The van der Waals surface area contributed by atoms with Crippen LogP contribution in [0.2, 0.25) is 0 Å². The van der Waals surface area contributed by atoms with E-state index in [9.17, 15) is 4.79 Å². The van der Waals surface area contributed by atoms with E-state index < -0.39 is 0 Å². The lowest BCUT2D eigenvalue weighted by Crippen LogP contribution is -2.30. The zero-order valence-electron chi connectivity index (χ0n) is 12.1. The third-order valence-corrected chi connectivity index (χ3v) is 2.72. The number of nitrogens with zero attached hydrogens (tertiary/aromatic N) is 1. The first-order valence-corrected chi connectivity index (χ1v) is 6.72. The van der Waals surface area contributed by atoms with Crippen LogP contribution < -0.4 is 0 Å². The number of rotatable bonds is 6. The van der Waals surface area contributed by atoms with Gasteiger partial charge in [-0.2, -0.15) is 0 Å². The van der Waals surface area contributed by atoms with Gasteiger partial charge in [-0.1, -0.05) is 11.8 Å². The highest BCUT2D eigenvalue weighted by molar-refractivity contribution is 5.94. The molecule has 0 atom stereocenters. The number of likely N-dealkylation sites (N-methyl/N-ethyl adjacent to an activating group) is 1. The molecule has 0 unspecified atom stereocenters. The fourth-order valence-electron chi connectivity index (χ4n) is 1.58. The van der Waals surface area contributed by atoms with Crippen LogP contribution in [0.5, 0.6) is 0 Å². The predicted molar refractivity (Wildman–Crippen MR) is 78.5 cm³/mol. The molecule has 1 aromatic rings. The monoisotopic (exact) mass is 275 g/mol. The first-order valence-electron chi connectivity index (χ1n) is 6.72. The second-order valence-corrected chi connectivity index (χ2v) is 4.28. The molecule has 0 aliphatic rings. The molecule has 0 bridgehead atoms. The Labute approximate surface area is 120 Å². The maximum absolute atomic E-state index is 12.1. The maximum Gasteiger partial charge on any atom is 0.253 e. The molecule has 0 radical (unpaired) electrons. The van der Waals surface area contributed by atoms with E-state index in [4.69, 9.17) is 9.84 Å². The van der Waals surface area contributed by atoms with Crippen molar-refractivity contribution in [3.8, 4) is 11.8 Å². The molecule has 108 valence electrons. The summed E-state index contributed by atoms with van der Waals surface area (Å²) in [6.07, 6.45) is 0.459. The molecule has 0 saturated carbocycles. The van der Waals surface area contributed by atoms with Crippen LogP contribution in [-0.2, 0) is 4.74 Å². The standard InChI is InChI=1S/C16H21NO3/c1-3-20-13-11-17(2)16(19)15-9-7-14(8-10-15)6-4-5-12-18/h7-10,18H,3,5,11-13H2,1-2H3. The van der Waals surface area contributed by atoms with E-state index in [-0.39, 0.29) is 12.5 Å². The fourth-order valence-corrected chi connectivity index (χ4v) is 1.58. The average molecular weight is 275 g/mol. The topological polar surface area (TPSA) is 49.8 Å². The Morgan fingerprint density at radius 2 is 2.05 bits per heavy atom. The van der Waals surface area contributed by atoms with E-state index in [1.807, 2.05) is 19.1 Å². The normalized spacial score (nSPS) is 9.75. The van der Waals surface area contributed by atoms with Crippen molar-refractivity contribution in [1.29, 1.82) is 0 Å². The molecule has 0 fully saturated rings. The van der Waals surface area contributed by atoms with Crippen LogP contribution >= 0.6 is 0 Å². The van der Waals surface area contributed by atoms with Crippen molar-refractivity contribution < 1.29 is 14.6 Å². The number of aliphatic hydroxyl groups is 1.